The Morgan fingerprint density at radius 3 is 2.73 bits per heavy atom. The van der Waals surface area contributed by atoms with Crippen LogP contribution in [-0.2, 0) is 9.53 Å². The van der Waals surface area contributed by atoms with Gasteiger partial charge in [-0.3, -0.25) is 19.5 Å². The molecule has 2 saturated heterocycles. The third-order valence-electron chi connectivity index (χ3n) is 5.59. The number of aryl methyl sites for hydroxylation is 1. The van der Waals surface area contributed by atoms with Crippen LogP contribution in [-0.4, -0.2) is 78.1 Å². The number of aromatic nitrogens is 1. The normalized spacial score (nSPS) is 25.0. The first-order valence-electron chi connectivity index (χ1n) is 9.30. The molecule has 0 unspecified atom stereocenters. The van der Waals surface area contributed by atoms with Crippen LogP contribution in [0.1, 0.15) is 28.8 Å². The van der Waals surface area contributed by atoms with Gasteiger partial charge in [0, 0.05) is 32.5 Å². The molecule has 7 heteroatoms. The molecular weight excluding hydrogens is 332 g/mol. The van der Waals surface area contributed by atoms with E-state index in [1.54, 1.807) is 19.4 Å². The second-order valence-corrected chi connectivity index (χ2v) is 7.91. The standard InChI is InChI=1S/C19H26N4O3/c1-13-5-15(7-21-6-13)18(25)23-11-19(12-23)10-22(8-14-3-4-14)16(9-26-19)17(24)20-2/h5-7,14,16H,3-4,8-12H2,1-2H3,(H,20,24)/t16-/m1/s1. The molecule has 0 aromatic carbocycles. The summed E-state index contributed by atoms with van der Waals surface area (Å²) < 4.78 is 6.10. The molecule has 1 aliphatic carbocycles. The number of carbonyl (C=O) groups excluding carboxylic acids is 2. The maximum Gasteiger partial charge on any atom is 0.255 e. The minimum Gasteiger partial charge on any atom is -0.368 e. The van der Waals surface area contributed by atoms with E-state index in [0.29, 0.717) is 37.7 Å². The third kappa shape index (κ3) is 3.33. The van der Waals surface area contributed by atoms with Gasteiger partial charge in [-0.2, -0.15) is 0 Å². The van der Waals surface area contributed by atoms with Gasteiger partial charge < -0.3 is 15.0 Å². The molecule has 0 bridgehead atoms. The Balaban J connectivity index is 1.41. The highest BCUT2D eigenvalue weighted by molar-refractivity contribution is 5.94. The van der Waals surface area contributed by atoms with E-state index < -0.39 is 0 Å². The number of nitrogens with zero attached hydrogens (tertiary/aromatic N) is 3. The fourth-order valence-corrected chi connectivity index (χ4v) is 3.96. The molecule has 3 aliphatic rings. The quantitative estimate of drug-likeness (QED) is 0.845. The van der Waals surface area contributed by atoms with Crippen LogP contribution in [0.25, 0.3) is 0 Å². The van der Waals surface area contributed by atoms with Crippen molar-refractivity contribution in [3.63, 3.8) is 0 Å². The van der Waals surface area contributed by atoms with Crippen LogP contribution in [0, 0.1) is 12.8 Å². The van der Waals surface area contributed by atoms with Gasteiger partial charge in [-0.25, -0.2) is 0 Å². The first-order chi connectivity index (χ1) is 12.5. The average Bonchev–Trinajstić information content (AvgIpc) is 3.42. The van der Waals surface area contributed by atoms with E-state index in [1.165, 1.54) is 12.8 Å². The predicted molar refractivity (Wildman–Crippen MR) is 95.7 cm³/mol. The Hall–Kier alpha value is -1.99. The van der Waals surface area contributed by atoms with Crippen LogP contribution in [0.15, 0.2) is 18.5 Å². The van der Waals surface area contributed by atoms with E-state index in [9.17, 15) is 9.59 Å². The molecule has 26 heavy (non-hydrogen) atoms. The zero-order valence-corrected chi connectivity index (χ0v) is 15.4. The lowest BCUT2D eigenvalue weighted by Crippen LogP contribution is -2.73. The highest BCUT2D eigenvalue weighted by Gasteiger charge is 2.52. The molecule has 3 fully saturated rings. The van der Waals surface area contributed by atoms with Gasteiger partial charge in [-0.05, 0) is 37.3 Å². The van der Waals surface area contributed by atoms with E-state index >= 15 is 0 Å². The van der Waals surface area contributed by atoms with Crippen molar-refractivity contribution < 1.29 is 14.3 Å². The van der Waals surface area contributed by atoms with E-state index in [0.717, 1.165) is 12.1 Å². The molecule has 140 valence electrons. The number of nitrogens with one attached hydrogen (secondary N) is 1. The van der Waals surface area contributed by atoms with Crippen molar-refractivity contribution in [1.29, 1.82) is 0 Å². The van der Waals surface area contributed by atoms with E-state index in [-0.39, 0.29) is 23.5 Å². The fourth-order valence-electron chi connectivity index (χ4n) is 3.96. The molecule has 1 N–H and O–H groups in total. The molecule has 7 nitrogen and oxygen atoms in total. The number of hydrogen-bond acceptors (Lipinski definition) is 5. The molecular formula is C19H26N4O3. The fraction of sp³-hybridized carbons (Fsp3) is 0.632. The number of morpholine rings is 1. The van der Waals surface area contributed by atoms with E-state index in [4.69, 9.17) is 4.74 Å². The summed E-state index contributed by atoms with van der Waals surface area (Å²) in [5.41, 5.74) is 1.25. The minimum atomic E-state index is -0.341. The summed E-state index contributed by atoms with van der Waals surface area (Å²) in [5, 5.41) is 2.74. The van der Waals surface area contributed by atoms with Crippen molar-refractivity contribution in [1.82, 2.24) is 20.1 Å². The summed E-state index contributed by atoms with van der Waals surface area (Å²) in [5.74, 6) is 0.713. The second kappa shape index (κ2) is 6.63. The van der Waals surface area contributed by atoms with E-state index in [1.807, 2.05) is 17.9 Å². The number of ether oxygens (including phenoxy) is 1. The summed E-state index contributed by atoms with van der Waals surface area (Å²) in [7, 11) is 1.67. The summed E-state index contributed by atoms with van der Waals surface area (Å²) >= 11 is 0. The molecule has 1 aromatic heterocycles. The van der Waals surface area contributed by atoms with Gasteiger partial charge in [-0.15, -0.1) is 0 Å². The van der Waals surface area contributed by atoms with Gasteiger partial charge in [-0.1, -0.05) is 0 Å². The number of likely N-dealkylation sites (N-methyl/N-ethyl adjacent to an activating group) is 1. The van der Waals surface area contributed by atoms with Crippen molar-refractivity contribution in [2.24, 2.45) is 5.92 Å². The molecule has 3 heterocycles. The highest BCUT2D eigenvalue weighted by Crippen LogP contribution is 2.36. The zero-order valence-electron chi connectivity index (χ0n) is 15.4. The zero-order chi connectivity index (χ0) is 18.3. The molecule has 0 radical (unpaired) electrons. The smallest absolute Gasteiger partial charge is 0.255 e. The van der Waals surface area contributed by atoms with Crippen LogP contribution in [0.2, 0.25) is 0 Å². The number of amides is 2. The van der Waals surface area contributed by atoms with Crippen molar-refractivity contribution in [3.05, 3.63) is 29.6 Å². The number of hydrogen-bond donors (Lipinski definition) is 1. The van der Waals surface area contributed by atoms with Crippen molar-refractivity contribution in [2.75, 3.05) is 39.8 Å². The molecule has 2 amide bonds. The SMILES string of the molecule is CNC(=O)[C@H]1COC2(CN(C(=O)c3cncc(C)c3)C2)CN1CC1CC1. The molecule has 1 saturated carbocycles. The minimum absolute atomic E-state index is 0.00223. The summed E-state index contributed by atoms with van der Waals surface area (Å²) in [6.07, 6.45) is 5.85. The molecule has 4 rings (SSSR count). The Bertz CT molecular complexity index is 712. The van der Waals surface area contributed by atoms with Crippen LogP contribution < -0.4 is 5.32 Å². The highest BCUT2D eigenvalue weighted by atomic mass is 16.5. The lowest BCUT2D eigenvalue weighted by molar-refractivity contribution is -0.191. The van der Waals surface area contributed by atoms with Crippen LogP contribution in [0.5, 0.6) is 0 Å². The second-order valence-electron chi connectivity index (χ2n) is 7.91. The Labute approximate surface area is 153 Å². The first-order valence-corrected chi connectivity index (χ1v) is 9.30. The van der Waals surface area contributed by atoms with Crippen LogP contribution in [0.4, 0.5) is 0 Å². The average molecular weight is 358 g/mol. The third-order valence-corrected chi connectivity index (χ3v) is 5.59. The van der Waals surface area contributed by atoms with Gasteiger partial charge in [0.2, 0.25) is 5.91 Å². The monoisotopic (exact) mass is 358 g/mol. The molecule has 2 aliphatic heterocycles. The lowest BCUT2D eigenvalue weighted by atomic mass is 9.89. The molecule has 1 spiro atoms. The largest absolute Gasteiger partial charge is 0.368 e. The maximum absolute atomic E-state index is 12.6. The van der Waals surface area contributed by atoms with Gasteiger partial charge in [0.05, 0.1) is 25.3 Å². The maximum atomic E-state index is 12.6. The van der Waals surface area contributed by atoms with Gasteiger partial charge in [0.1, 0.15) is 11.6 Å². The predicted octanol–water partition coefficient (Wildman–Crippen LogP) is 0.441. The Kier molecular flexibility index (Phi) is 4.44. The van der Waals surface area contributed by atoms with Crippen molar-refractivity contribution in [2.45, 2.75) is 31.4 Å². The van der Waals surface area contributed by atoms with Gasteiger partial charge in [0.25, 0.3) is 5.91 Å². The summed E-state index contributed by atoms with van der Waals surface area (Å²) in [6.45, 7) is 5.11. The topological polar surface area (TPSA) is 74.8 Å². The Morgan fingerprint density at radius 1 is 1.31 bits per heavy atom. The Morgan fingerprint density at radius 2 is 2.08 bits per heavy atom. The molecule has 1 aromatic rings. The summed E-state index contributed by atoms with van der Waals surface area (Å²) in [4.78, 5) is 33.0. The number of likely N-dealkylation sites (tertiary alicyclic amines) is 1. The van der Waals surface area contributed by atoms with Crippen molar-refractivity contribution >= 4 is 11.8 Å². The number of pyridine rings is 1. The lowest BCUT2D eigenvalue weighted by Gasteiger charge is -2.55. The van der Waals surface area contributed by atoms with Crippen molar-refractivity contribution in [3.8, 4) is 0 Å². The summed E-state index contributed by atoms with van der Waals surface area (Å²) in [6, 6.07) is 1.64. The number of carbonyl (C=O) groups is 2. The first kappa shape index (κ1) is 17.4. The van der Waals surface area contributed by atoms with Crippen LogP contribution >= 0.6 is 0 Å². The van der Waals surface area contributed by atoms with E-state index in [2.05, 4.69) is 15.2 Å². The number of rotatable bonds is 4. The van der Waals surface area contributed by atoms with Crippen LogP contribution in [0.3, 0.4) is 0 Å². The van der Waals surface area contributed by atoms with Gasteiger partial charge >= 0.3 is 0 Å². The van der Waals surface area contributed by atoms with Gasteiger partial charge in [0.15, 0.2) is 0 Å². The molecule has 1 atom stereocenters.